The SMILES string of the molecule is CCOC(=O)C(c1ccc(OC2CCN(C(C)=N)CC2)cc1)c1ccc2c(c1)CN(C(=N)N)CC2. The fraction of sp³-hybridized carbons (Fsp3) is 0.444. The fourth-order valence-corrected chi connectivity index (χ4v) is 4.89. The predicted octanol–water partition coefficient (Wildman–Crippen LogP) is 3.47. The Bertz CT molecular complexity index is 1080. The zero-order valence-electron chi connectivity index (χ0n) is 20.5. The molecule has 2 aromatic rings. The number of carbonyl (C=O) groups is 1. The number of amidine groups is 1. The second kappa shape index (κ2) is 10.8. The van der Waals surface area contributed by atoms with E-state index in [0.717, 1.165) is 61.3 Å². The molecule has 0 bridgehead atoms. The number of likely N-dealkylation sites (tertiary alicyclic amines) is 1. The van der Waals surface area contributed by atoms with Crippen LogP contribution in [-0.2, 0) is 22.5 Å². The first-order chi connectivity index (χ1) is 16.9. The van der Waals surface area contributed by atoms with Crippen LogP contribution in [0.3, 0.4) is 0 Å². The minimum atomic E-state index is -0.541. The third-order valence-electron chi connectivity index (χ3n) is 6.87. The lowest BCUT2D eigenvalue weighted by Gasteiger charge is -2.32. The number of esters is 1. The van der Waals surface area contributed by atoms with Crippen molar-refractivity contribution in [3.05, 3.63) is 64.7 Å². The highest BCUT2D eigenvalue weighted by atomic mass is 16.5. The normalized spacial score (nSPS) is 16.9. The van der Waals surface area contributed by atoms with Gasteiger partial charge < -0.3 is 25.0 Å². The minimum Gasteiger partial charge on any atom is -0.490 e. The van der Waals surface area contributed by atoms with E-state index in [1.807, 2.05) is 49.1 Å². The molecule has 2 heterocycles. The molecule has 2 aliphatic heterocycles. The number of nitrogens with one attached hydrogen (secondary N) is 2. The number of benzene rings is 2. The molecular weight excluding hydrogens is 442 g/mol. The summed E-state index contributed by atoms with van der Waals surface area (Å²) in [5, 5.41) is 15.6. The maximum Gasteiger partial charge on any atom is 0.317 e. The van der Waals surface area contributed by atoms with E-state index in [9.17, 15) is 4.79 Å². The number of piperidine rings is 1. The topological polar surface area (TPSA) is 116 Å². The van der Waals surface area contributed by atoms with Crippen LogP contribution in [0.4, 0.5) is 0 Å². The Labute approximate surface area is 207 Å². The van der Waals surface area contributed by atoms with Crippen LogP contribution < -0.4 is 10.5 Å². The van der Waals surface area contributed by atoms with Gasteiger partial charge in [0.25, 0.3) is 0 Å². The van der Waals surface area contributed by atoms with Gasteiger partial charge in [0.1, 0.15) is 17.8 Å². The van der Waals surface area contributed by atoms with Crippen molar-refractivity contribution in [3.8, 4) is 5.75 Å². The third kappa shape index (κ3) is 5.75. The van der Waals surface area contributed by atoms with E-state index in [1.165, 1.54) is 5.56 Å². The van der Waals surface area contributed by atoms with Crippen LogP contribution in [0, 0.1) is 10.8 Å². The molecule has 0 spiro atoms. The van der Waals surface area contributed by atoms with Crippen molar-refractivity contribution in [1.29, 1.82) is 10.8 Å². The van der Waals surface area contributed by atoms with Crippen molar-refractivity contribution in [3.63, 3.8) is 0 Å². The van der Waals surface area contributed by atoms with Gasteiger partial charge in [-0.3, -0.25) is 15.6 Å². The van der Waals surface area contributed by atoms with Crippen LogP contribution in [0.5, 0.6) is 5.75 Å². The van der Waals surface area contributed by atoms with E-state index in [0.29, 0.717) is 19.0 Å². The number of guanidine groups is 1. The summed E-state index contributed by atoms with van der Waals surface area (Å²) < 4.78 is 11.6. The van der Waals surface area contributed by atoms with Gasteiger partial charge in [0, 0.05) is 39.0 Å². The van der Waals surface area contributed by atoms with Crippen LogP contribution in [0.15, 0.2) is 42.5 Å². The summed E-state index contributed by atoms with van der Waals surface area (Å²) >= 11 is 0. The molecule has 1 fully saturated rings. The van der Waals surface area contributed by atoms with Gasteiger partial charge in [-0.25, -0.2) is 0 Å². The Morgan fingerprint density at radius 3 is 2.34 bits per heavy atom. The molecule has 186 valence electrons. The maximum atomic E-state index is 13.0. The molecule has 0 radical (unpaired) electrons. The number of hydrogen-bond acceptors (Lipinski definition) is 5. The Hall–Kier alpha value is -3.55. The highest BCUT2D eigenvalue weighted by Crippen LogP contribution is 2.31. The zero-order valence-corrected chi connectivity index (χ0v) is 20.5. The molecule has 1 saturated heterocycles. The molecule has 8 heteroatoms. The number of hydrogen-bond donors (Lipinski definition) is 3. The Kier molecular flexibility index (Phi) is 7.58. The van der Waals surface area contributed by atoms with Gasteiger partial charge in [0.2, 0.25) is 0 Å². The average Bonchev–Trinajstić information content (AvgIpc) is 2.85. The standard InChI is InChI=1S/C27H35N5O3/c1-3-34-26(33)25(21-5-4-19-10-13-32(27(29)30)17-22(19)16-21)20-6-8-23(9-7-20)35-24-11-14-31(15-12-24)18(2)28/h4-9,16,24-25,28H,3,10-15,17H2,1-2H3,(H3,29,30). The van der Waals surface area contributed by atoms with Gasteiger partial charge in [-0.2, -0.15) is 0 Å². The zero-order chi connectivity index (χ0) is 24.9. The Balaban J connectivity index is 1.52. The van der Waals surface area contributed by atoms with E-state index < -0.39 is 5.92 Å². The lowest BCUT2D eigenvalue weighted by molar-refractivity contribution is -0.143. The van der Waals surface area contributed by atoms with Gasteiger partial charge in [0.05, 0.1) is 12.4 Å². The summed E-state index contributed by atoms with van der Waals surface area (Å²) in [6, 6.07) is 13.9. The van der Waals surface area contributed by atoms with Gasteiger partial charge in [-0.05, 0) is 54.7 Å². The van der Waals surface area contributed by atoms with E-state index in [2.05, 4.69) is 17.0 Å². The Morgan fingerprint density at radius 2 is 1.71 bits per heavy atom. The third-order valence-corrected chi connectivity index (χ3v) is 6.87. The maximum absolute atomic E-state index is 13.0. The van der Waals surface area contributed by atoms with E-state index in [4.69, 9.17) is 26.0 Å². The molecule has 1 atom stereocenters. The van der Waals surface area contributed by atoms with Crippen LogP contribution in [0.1, 0.15) is 54.9 Å². The van der Waals surface area contributed by atoms with E-state index in [1.54, 1.807) is 0 Å². The summed E-state index contributed by atoms with van der Waals surface area (Å²) in [6.45, 7) is 6.91. The smallest absolute Gasteiger partial charge is 0.317 e. The molecule has 0 aromatic heterocycles. The van der Waals surface area contributed by atoms with Crippen molar-refractivity contribution in [1.82, 2.24) is 9.80 Å². The number of nitrogens with two attached hydrogens (primary N) is 1. The van der Waals surface area contributed by atoms with Crippen molar-refractivity contribution >= 4 is 17.8 Å². The second-order valence-electron chi connectivity index (χ2n) is 9.23. The molecule has 4 N–H and O–H groups in total. The first-order valence-electron chi connectivity index (χ1n) is 12.3. The van der Waals surface area contributed by atoms with Gasteiger partial charge in [-0.1, -0.05) is 30.3 Å². The van der Waals surface area contributed by atoms with E-state index in [-0.39, 0.29) is 18.0 Å². The van der Waals surface area contributed by atoms with Crippen molar-refractivity contribution in [2.45, 2.75) is 51.7 Å². The number of nitrogens with zero attached hydrogens (tertiary/aromatic N) is 2. The van der Waals surface area contributed by atoms with E-state index >= 15 is 0 Å². The second-order valence-corrected chi connectivity index (χ2v) is 9.23. The van der Waals surface area contributed by atoms with Crippen LogP contribution in [0.2, 0.25) is 0 Å². The first kappa shape index (κ1) is 24.6. The minimum absolute atomic E-state index is 0.0669. The number of carbonyl (C=O) groups excluding carboxylic acids is 1. The average molecular weight is 478 g/mol. The summed E-state index contributed by atoms with van der Waals surface area (Å²) in [5.74, 6) is 0.630. The number of fused-ring (bicyclic) bond motifs is 1. The molecule has 1 unspecified atom stereocenters. The van der Waals surface area contributed by atoms with Gasteiger partial charge in [0.15, 0.2) is 5.96 Å². The molecule has 0 aliphatic carbocycles. The molecule has 35 heavy (non-hydrogen) atoms. The number of ether oxygens (including phenoxy) is 2. The molecule has 4 rings (SSSR count). The molecule has 8 nitrogen and oxygen atoms in total. The number of rotatable bonds is 6. The summed E-state index contributed by atoms with van der Waals surface area (Å²) in [7, 11) is 0. The lowest BCUT2D eigenvalue weighted by Crippen LogP contribution is -2.40. The summed E-state index contributed by atoms with van der Waals surface area (Å²) in [5.41, 5.74) is 9.75. The van der Waals surface area contributed by atoms with Gasteiger partial charge >= 0.3 is 5.97 Å². The Morgan fingerprint density at radius 1 is 1.03 bits per heavy atom. The molecule has 0 amide bonds. The van der Waals surface area contributed by atoms with Crippen LogP contribution in [-0.4, -0.2) is 59.9 Å². The van der Waals surface area contributed by atoms with Crippen molar-refractivity contribution < 1.29 is 14.3 Å². The fourth-order valence-electron chi connectivity index (χ4n) is 4.89. The highest BCUT2D eigenvalue weighted by molar-refractivity contribution is 5.82. The summed E-state index contributed by atoms with van der Waals surface area (Å²) in [4.78, 5) is 16.9. The summed E-state index contributed by atoms with van der Waals surface area (Å²) in [6.07, 6.45) is 2.72. The van der Waals surface area contributed by atoms with Crippen LogP contribution in [0.25, 0.3) is 0 Å². The largest absolute Gasteiger partial charge is 0.490 e. The van der Waals surface area contributed by atoms with Gasteiger partial charge in [-0.15, -0.1) is 0 Å². The lowest BCUT2D eigenvalue weighted by atomic mass is 9.87. The van der Waals surface area contributed by atoms with Crippen molar-refractivity contribution in [2.24, 2.45) is 5.73 Å². The highest BCUT2D eigenvalue weighted by Gasteiger charge is 2.27. The van der Waals surface area contributed by atoms with Crippen LogP contribution >= 0.6 is 0 Å². The predicted molar refractivity (Wildman–Crippen MR) is 136 cm³/mol. The first-order valence-corrected chi connectivity index (χ1v) is 12.3. The quantitative estimate of drug-likeness (QED) is 0.333. The monoisotopic (exact) mass is 477 g/mol. The molecule has 0 saturated carbocycles. The molecule has 2 aliphatic rings. The molecular formula is C27H35N5O3. The molecule has 2 aromatic carbocycles. The van der Waals surface area contributed by atoms with Crippen molar-refractivity contribution in [2.75, 3.05) is 26.2 Å².